The second-order valence-corrected chi connectivity index (χ2v) is 11.1. The Bertz CT molecular complexity index is 989. The molecule has 0 aliphatic heterocycles. The van der Waals surface area contributed by atoms with Gasteiger partial charge in [-0.3, -0.25) is 0 Å². The molecule has 1 N–H and O–H groups in total. The molecule has 1 amide bonds. The fourth-order valence-corrected chi connectivity index (χ4v) is 6.10. The average molecular weight is 460 g/mol. The molecule has 1 saturated carbocycles. The Morgan fingerprint density at radius 1 is 1.16 bits per heavy atom. The number of carbonyl (C=O) groups excluding carboxylic acids is 2. The van der Waals surface area contributed by atoms with Gasteiger partial charge in [0.05, 0.1) is 5.39 Å². The van der Waals surface area contributed by atoms with Crippen LogP contribution in [0.25, 0.3) is 10.2 Å². The van der Waals surface area contributed by atoms with Crippen molar-refractivity contribution in [2.24, 2.45) is 0 Å². The molecule has 2 aromatic heterocycles. The van der Waals surface area contributed by atoms with E-state index in [9.17, 15) is 9.59 Å². The minimum Gasteiger partial charge on any atom is -0.474 e. The molecule has 8 heteroatoms. The van der Waals surface area contributed by atoms with E-state index in [2.05, 4.69) is 15.3 Å². The van der Waals surface area contributed by atoms with Crippen LogP contribution in [0.2, 0.25) is 0 Å². The summed E-state index contributed by atoms with van der Waals surface area (Å²) in [6, 6.07) is 0.101. The minimum atomic E-state index is -0.497. The minimum absolute atomic E-state index is 0.0511. The number of nitrogens with zero attached hydrogens (tertiary/aromatic N) is 2. The van der Waals surface area contributed by atoms with E-state index in [1.54, 1.807) is 24.6 Å². The largest absolute Gasteiger partial charge is 0.474 e. The van der Waals surface area contributed by atoms with Crippen molar-refractivity contribution in [3.63, 3.8) is 0 Å². The van der Waals surface area contributed by atoms with Crippen LogP contribution < -0.4 is 10.1 Å². The SMILES string of the molecule is CC(=O)C[C@@H]1CCCc2sc3ncnc(O[C@H]4CC[C@H](NC(=O)OC(C)(C)C)CC4)c3c21. The third-order valence-electron chi connectivity index (χ3n) is 6.14. The first-order chi connectivity index (χ1) is 15.2. The van der Waals surface area contributed by atoms with Crippen molar-refractivity contribution in [2.75, 3.05) is 0 Å². The molecule has 1 fully saturated rings. The third-order valence-corrected chi connectivity index (χ3v) is 7.31. The monoisotopic (exact) mass is 459 g/mol. The number of fused-ring (bicyclic) bond motifs is 3. The molecular weight excluding hydrogens is 426 g/mol. The van der Waals surface area contributed by atoms with Crippen LogP contribution in [0.15, 0.2) is 6.33 Å². The van der Waals surface area contributed by atoms with E-state index in [4.69, 9.17) is 9.47 Å². The lowest BCUT2D eigenvalue weighted by Crippen LogP contribution is -2.42. The number of carbonyl (C=O) groups is 2. The number of aryl methyl sites for hydroxylation is 1. The molecule has 0 unspecified atom stereocenters. The molecule has 2 aromatic rings. The molecule has 2 aliphatic rings. The van der Waals surface area contributed by atoms with Gasteiger partial charge in [0.1, 0.15) is 28.6 Å². The number of ether oxygens (including phenoxy) is 2. The second-order valence-electron chi connectivity index (χ2n) is 10.0. The van der Waals surface area contributed by atoms with Gasteiger partial charge in [0.25, 0.3) is 0 Å². The number of rotatable bonds is 5. The maximum absolute atomic E-state index is 12.1. The number of alkyl carbamates (subject to hydrolysis) is 1. The van der Waals surface area contributed by atoms with Crippen molar-refractivity contribution >= 4 is 33.4 Å². The molecule has 7 nitrogen and oxygen atoms in total. The van der Waals surface area contributed by atoms with Gasteiger partial charge in [-0.1, -0.05) is 0 Å². The van der Waals surface area contributed by atoms with E-state index in [0.717, 1.165) is 55.2 Å². The average Bonchev–Trinajstić information content (AvgIpc) is 3.08. The summed E-state index contributed by atoms with van der Waals surface area (Å²) >= 11 is 1.71. The van der Waals surface area contributed by atoms with Gasteiger partial charge >= 0.3 is 6.09 Å². The Morgan fingerprint density at radius 2 is 1.91 bits per heavy atom. The van der Waals surface area contributed by atoms with Crippen LogP contribution in [-0.4, -0.2) is 39.6 Å². The van der Waals surface area contributed by atoms with Crippen LogP contribution in [0.4, 0.5) is 4.79 Å². The topological polar surface area (TPSA) is 90.4 Å². The predicted molar refractivity (Wildman–Crippen MR) is 124 cm³/mol. The number of nitrogens with one attached hydrogen (secondary N) is 1. The zero-order valence-corrected chi connectivity index (χ0v) is 20.2. The maximum atomic E-state index is 12.1. The van der Waals surface area contributed by atoms with Crippen LogP contribution in [0.3, 0.4) is 0 Å². The number of hydrogen-bond acceptors (Lipinski definition) is 7. The van der Waals surface area contributed by atoms with Gasteiger partial charge in [-0.05, 0) is 84.1 Å². The summed E-state index contributed by atoms with van der Waals surface area (Å²) in [6.45, 7) is 7.26. The standard InChI is InChI=1S/C24H33N3O4S/c1-14(28)12-15-6-5-7-18-19(15)20-21(25-13-26-22(20)32-18)30-17-10-8-16(9-11-17)27-23(29)31-24(2,3)4/h13,15-17H,5-12H2,1-4H3,(H,27,29)/t15-,16-,17-/m0/s1. The zero-order valence-electron chi connectivity index (χ0n) is 19.4. The van der Waals surface area contributed by atoms with Crippen LogP contribution >= 0.6 is 11.3 Å². The highest BCUT2D eigenvalue weighted by molar-refractivity contribution is 7.18. The summed E-state index contributed by atoms with van der Waals surface area (Å²) in [6.07, 6.45) is 8.36. The molecule has 0 saturated heterocycles. The fraction of sp³-hybridized carbons (Fsp3) is 0.667. The fourth-order valence-electron chi connectivity index (χ4n) is 4.84. The van der Waals surface area contributed by atoms with E-state index in [1.807, 2.05) is 20.8 Å². The first-order valence-corrected chi connectivity index (χ1v) is 12.4. The summed E-state index contributed by atoms with van der Waals surface area (Å²) in [7, 11) is 0. The molecule has 0 radical (unpaired) electrons. The van der Waals surface area contributed by atoms with E-state index < -0.39 is 5.60 Å². The molecule has 0 bridgehead atoms. The first kappa shape index (κ1) is 23.0. The molecule has 0 aromatic carbocycles. The van der Waals surface area contributed by atoms with Gasteiger partial charge < -0.3 is 19.6 Å². The Balaban J connectivity index is 1.45. The van der Waals surface area contributed by atoms with Gasteiger partial charge in [-0.2, -0.15) is 0 Å². The van der Waals surface area contributed by atoms with E-state index in [1.165, 1.54) is 10.4 Å². The van der Waals surface area contributed by atoms with Crippen LogP contribution in [0.5, 0.6) is 5.88 Å². The highest BCUT2D eigenvalue weighted by Gasteiger charge is 2.31. The Hall–Kier alpha value is -2.22. The van der Waals surface area contributed by atoms with E-state index in [0.29, 0.717) is 12.3 Å². The van der Waals surface area contributed by atoms with Crippen molar-refractivity contribution in [1.82, 2.24) is 15.3 Å². The van der Waals surface area contributed by atoms with Crippen molar-refractivity contribution in [3.8, 4) is 5.88 Å². The summed E-state index contributed by atoms with van der Waals surface area (Å²) in [4.78, 5) is 35.2. The molecular formula is C24H33N3O4S. The summed E-state index contributed by atoms with van der Waals surface area (Å²) < 4.78 is 11.8. The number of Topliss-reactive ketones (excluding diaryl/α,β-unsaturated/α-hetero) is 1. The van der Waals surface area contributed by atoms with Gasteiger partial charge in [0, 0.05) is 17.3 Å². The van der Waals surface area contributed by atoms with Crippen molar-refractivity contribution in [1.29, 1.82) is 0 Å². The summed E-state index contributed by atoms with van der Waals surface area (Å²) in [5.41, 5.74) is 0.741. The molecule has 1 atom stereocenters. The van der Waals surface area contributed by atoms with Crippen molar-refractivity contribution in [3.05, 3.63) is 16.8 Å². The lowest BCUT2D eigenvalue weighted by atomic mass is 9.83. The van der Waals surface area contributed by atoms with Crippen LogP contribution in [-0.2, 0) is 16.0 Å². The van der Waals surface area contributed by atoms with Crippen molar-refractivity contribution < 1.29 is 19.1 Å². The molecule has 2 aliphatic carbocycles. The van der Waals surface area contributed by atoms with Crippen LogP contribution in [0, 0.1) is 0 Å². The number of hydrogen-bond donors (Lipinski definition) is 1. The summed E-state index contributed by atoms with van der Waals surface area (Å²) in [5, 5.41) is 3.98. The second kappa shape index (κ2) is 9.33. The quantitative estimate of drug-likeness (QED) is 0.652. The smallest absolute Gasteiger partial charge is 0.407 e. The van der Waals surface area contributed by atoms with Gasteiger partial charge in [0.15, 0.2) is 0 Å². The molecule has 174 valence electrons. The number of aromatic nitrogens is 2. The Labute approximate surface area is 193 Å². The van der Waals surface area contributed by atoms with Crippen molar-refractivity contribution in [2.45, 2.75) is 103 Å². The molecule has 0 spiro atoms. The lowest BCUT2D eigenvalue weighted by Gasteiger charge is -2.30. The lowest BCUT2D eigenvalue weighted by molar-refractivity contribution is -0.117. The van der Waals surface area contributed by atoms with E-state index >= 15 is 0 Å². The third kappa shape index (κ3) is 5.39. The molecule has 32 heavy (non-hydrogen) atoms. The summed E-state index contributed by atoms with van der Waals surface area (Å²) in [5.74, 6) is 1.09. The zero-order chi connectivity index (χ0) is 22.9. The Morgan fingerprint density at radius 3 is 2.59 bits per heavy atom. The first-order valence-electron chi connectivity index (χ1n) is 11.6. The Kier molecular flexibility index (Phi) is 6.70. The number of thiophene rings is 1. The number of ketones is 1. The van der Waals surface area contributed by atoms with Gasteiger partial charge in [0.2, 0.25) is 5.88 Å². The highest BCUT2D eigenvalue weighted by atomic mass is 32.1. The highest BCUT2D eigenvalue weighted by Crippen LogP contribution is 2.46. The predicted octanol–water partition coefficient (Wildman–Crippen LogP) is 5.31. The number of amides is 1. The van der Waals surface area contributed by atoms with Gasteiger partial charge in [-0.25, -0.2) is 14.8 Å². The van der Waals surface area contributed by atoms with Crippen LogP contribution in [0.1, 0.15) is 89.0 Å². The molecule has 4 rings (SSSR count). The van der Waals surface area contributed by atoms with E-state index in [-0.39, 0.29) is 29.9 Å². The van der Waals surface area contributed by atoms with Gasteiger partial charge in [-0.15, -0.1) is 11.3 Å². The normalized spacial score (nSPS) is 23.4. The molecule has 2 heterocycles. The maximum Gasteiger partial charge on any atom is 0.407 e.